The van der Waals surface area contributed by atoms with Gasteiger partial charge in [0.05, 0.1) is 6.61 Å². The summed E-state index contributed by atoms with van der Waals surface area (Å²) in [4.78, 5) is 13.0. The van der Waals surface area contributed by atoms with E-state index < -0.39 is 0 Å². The Hall–Kier alpha value is -3.26. The third kappa shape index (κ3) is 3.14. The molecule has 0 spiro atoms. The molecule has 0 atom stereocenters. The minimum Gasteiger partial charge on any atom is -0.494 e. The van der Waals surface area contributed by atoms with Gasteiger partial charge in [0, 0.05) is 11.1 Å². The summed E-state index contributed by atoms with van der Waals surface area (Å²) in [6, 6.07) is 16.6. The van der Waals surface area contributed by atoms with Crippen LogP contribution >= 0.6 is 11.3 Å². The lowest BCUT2D eigenvalue weighted by atomic mass is 10.2. The average Bonchev–Trinajstić information content (AvgIpc) is 3.23. The molecule has 1 N–H and O–H groups in total. The molecular formula is C18H15N5O2S. The molecule has 2 aromatic carbocycles. The maximum absolute atomic E-state index is 12.4. The van der Waals surface area contributed by atoms with Crippen molar-refractivity contribution in [2.24, 2.45) is 0 Å². The largest absolute Gasteiger partial charge is 0.494 e. The number of nitrogens with one attached hydrogen (secondary N) is 1. The van der Waals surface area contributed by atoms with Gasteiger partial charge in [0.1, 0.15) is 5.75 Å². The highest BCUT2D eigenvalue weighted by Crippen LogP contribution is 2.24. The Morgan fingerprint density at radius 1 is 1.12 bits per heavy atom. The zero-order chi connectivity index (χ0) is 17.9. The van der Waals surface area contributed by atoms with E-state index in [0.717, 1.165) is 11.3 Å². The molecule has 4 rings (SSSR count). The molecule has 130 valence electrons. The molecule has 0 saturated carbocycles. The first-order chi connectivity index (χ1) is 12.7. The number of rotatable bonds is 5. The molecule has 8 heteroatoms. The lowest BCUT2D eigenvalue weighted by Crippen LogP contribution is -2.12. The van der Waals surface area contributed by atoms with Crippen molar-refractivity contribution in [3.8, 4) is 17.1 Å². The van der Waals surface area contributed by atoms with E-state index in [9.17, 15) is 4.79 Å². The van der Waals surface area contributed by atoms with Crippen molar-refractivity contribution in [2.75, 3.05) is 11.9 Å². The number of benzene rings is 2. The first kappa shape index (κ1) is 16.2. The first-order valence-corrected chi connectivity index (χ1v) is 8.88. The lowest BCUT2D eigenvalue weighted by Gasteiger charge is -2.04. The number of anilines is 1. The number of ether oxygens (including phenoxy) is 1. The summed E-state index contributed by atoms with van der Waals surface area (Å²) in [5.41, 5.74) is 1.44. The van der Waals surface area contributed by atoms with Crippen LogP contribution in [0.3, 0.4) is 0 Å². The minimum absolute atomic E-state index is 0.237. The van der Waals surface area contributed by atoms with Gasteiger partial charge in [-0.3, -0.25) is 10.1 Å². The van der Waals surface area contributed by atoms with Gasteiger partial charge in [-0.15, -0.1) is 15.3 Å². The normalized spacial score (nSPS) is 10.8. The van der Waals surface area contributed by atoms with Crippen LogP contribution in [0.5, 0.6) is 5.75 Å². The molecule has 0 aliphatic rings. The molecule has 2 heterocycles. The Kier molecular flexibility index (Phi) is 4.32. The van der Waals surface area contributed by atoms with Crippen LogP contribution in [-0.4, -0.2) is 32.3 Å². The fraction of sp³-hybridized carbons (Fsp3) is 0.111. The Balaban J connectivity index is 1.56. The van der Waals surface area contributed by atoms with Crippen LogP contribution in [0.4, 0.5) is 5.13 Å². The molecule has 0 unspecified atom stereocenters. The van der Waals surface area contributed by atoms with Crippen LogP contribution < -0.4 is 10.1 Å². The molecular weight excluding hydrogens is 350 g/mol. The number of nitrogens with zero attached hydrogens (tertiary/aromatic N) is 4. The van der Waals surface area contributed by atoms with E-state index in [2.05, 4.69) is 20.6 Å². The van der Waals surface area contributed by atoms with Crippen molar-refractivity contribution >= 4 is 27.3 Å². The van der Waals surface area contributed by atoms with Gasteiger partial charge in [-0.25, -0.2) is 0 Å². The molecule has 0 aliphatic carbocycles. The predicted octanol–water partition coefficient (Wildman–Crippen LogP) is 3.50. The van der Waals surface area contributed by atoms with Gasteiger partial charge in [0.25, 0.3) is 5.91 Å². The summed E-state index contributed by atoms with van der Waals surface area (Å²) in [6.45, 7) is 2.50. The summed E-state index contributed by atoms with van der Waals surface area (Å²) in [7, 11) is 0. The topological polar surface area (TPSA) is 81.4 Å². The van der Waals surface area contributed by atoms with E-state index >= 15 is 0 Å². The second-order valence-corrected chi connectivity index (χ2v) is 6.36. The smallest absolute Gasteiger partial charge is 0.257 e. The van der Waals surface area contributed by atoms with E-state index in [1.165, 1.54) is 11.3 Å². The Morgan fingerprint density at radius 2 is 1.88 bits per heavy atom. The molecule has 26 heavy (non-hydrogen) atoms. The highest BCUT2D eigenvalue weighted by atomic mass is 32.1. The van der Waals surface area contributed by atoms with E-state index in [-0.39, 0.29) is 5.91 Å². The van der Waals surface area contributed by atoms with Crippen molar-refractivity contribution in [2.45, 2.75) is 6.92 Å². The number of carbonyl (C=O) groups is 1. The van der Waals surface area contributed by atoms with Crippen LogP contribution in [-0.2, 0) is 0 Å². The lowest BCUT2D eigenvalue weighted by molar-refractivity contribution is 0.102. The van der Waals surface area contributed by atoms with E-state index in [4.69, 9.17) is 4.74 Å². The summed E-state index contributed by atoms with van der Waals surface area (Å²) in [6.07, 6.45) is 0. The number of aromatic nitrogens is 4. The zero-order valence-corrected chi connectivity index (χ0v) is 14.7. The van der Waals surface area contributed by atoms with Gasteiger partial charge in [-0.05, 0) is 31.2 Å². The predicted molar refractivity (Wildman–Crippen MR) is 99.7 cm³/mol. The SMILES string of the molecule is CCOc1ccc(C(=O)Nc2nn3c(-c4ccccc4)nnc3s2)cc1. The Morgan fingerprint density at radius 3 is 2.62 bits per heavy atom. The monoisotopic (exact) mass is 365 g/mol. The second-order valence-electron chi connectivity index (χ2n) is 5.40. The number of amides is 1. The van der Waals surface area contributed by atoms with Crippen LogP contribution in [0.25, 0.3) is 16.3 Å². The van der Waals surface area contributed by atoms with Crippen LogP contribution in [0, 0.1) is 0 Å². The zero-order valence-electron chi connectivity index (χ0n) is 13.9. The molecule has 2 aromatic heterocycles. The van der Waals surface area contributed by atoms with Crippen molar-refractivity contribution in [3.05, 3.63) is 60.2 Å². The summed E-state index contributed by atoms with van der Waals surface area (Å²) in [5.74, 6) is 1.13. The minimum atomic E-state index is -0.237. The summed E-state index contributed by atoms with van der Waals surface area (Å²) < 4.78 is 7.02. The van der Waals surface area contributed by atoms with Crippen molar-refractivity contribution in [1.82, 2.24) is 19.8 Å². The molecule has 0 aliphatic heterocycles. The molecule has 1 amide bonds. The van der Waals surface area contributed by atoms with Gasteiger partial charge in [0.2, 0.25) is 10.1 Å². The fourth-order valence-electron chi connectivity index (χ4n) is 2.47. The number of fused-ring (bicyclic) bond motifs is 1. The highest BCUT2D eigenvalue weighted by molar-refractivity contribution is 7.20. The molecule has 0 radical (unpaired) electrons. The van der Waals surface area contributed by atoms with Crippen LogP contribution in [0.15, 0.2) is 54.6 Å². The number of carbonyl (C=O) groups excluding carboxylic acids is 1. The van der Waals surface area contributed by atoms with Gasteiger partial charge >= 0.3 is 0 Å². The number of hydrogen-bond donors (Lipinski definition) is 1. The van der Waals surface area contributed by atoms with Crippen molar-refractivity contribution in [3.63, 3.8) is 0 Å². The number of hydrogen-bond acceptors (Lipinski definition) is 6. The van der Waals surface area contributed by atoms with Crippen LogP contribution in [0.2, 0.25) is 0 Å². The molecule has 0 bridgehead atoms. The standard InChI is InChI=1S/C18H15N5O2S/c1-2-25-14-10-8-13(9-11-14)16(24)19-17-22-23-15(20-21-18(23)26-17)12-6-4-3-5-7-12/h3-11H,2H2,1H3,(H,19,22,24). The van der Waals surface area contributed by atoms with Gasteiger partial charge in [0.15, 0.2) is 5.82 Å². The first-order valence-electron chi connectivity index (χ1n) is 8.06. The summed E-state index contributed by atoms with van der Waals surface area (Å²) in [5, 5.41) is 16.0. The van der Waals surface area contributed by atoms with E-state index in [1.807, 2.05) is 37.3 Å². The Labute approximate surface area is 153 Å². The molecule has 0 saturated heterocycles. The molecule has 7 nitrogen and oxygen atoms in total. The quantitative estimate of drug-likeness (QED) is 0.585. The third-order valence-electron chi connectivity index (χ3n) is 3.67. The van der Waals surface area contributed by atoms with Crippen molar-refractivity contribution in [1.29, 1.82) is 0 Å². The maximum Gasteiger partial charge on any atom is 0.257 e. The van der Waals surface area contributed by atoms with Crippen LogP contribution in [0.1, 0.15) is 17.3 Å². The molecule has 0 fully saturated rings. The fourth-order valence-corrected chi connectivity index (χ4v) is 3.21. The van der Waals surface area contributed by atoms with Gasteiger partial charge in [-0.1, -0.05) is 41.7 Å². The van der Waals surface area contributed by atoms with Gasteiger partial charge in [-0.2, -0.15) is 4.52 Å². The molecule has 4 aromatic rings. The van der Waals surface area contributed by atoms with Crippen molar-refractivity contribution < 1.29 is 9.53 Å². The highest BCUT2D eigenvalue weighted by Gasteiger charge is 2.15. The van der Waals surface area contributed by atoms with E-state index in [1.54, 1.807) is 28.8 Å². The van der Waals surface area contributed by atoms with E-state index in [0.29, 0.717) is 28.1 Å². The third-order valence-corrected chi connectivity index (χ3v) is 4.49. The maximum atomic E-state index is 12.4. The second kappa shape index (κ2) is 6.93. The summed E-state index contributed by atoms with van der Waals surface area (Å²) >= 11 is 1.27. The Bertz CT molecular complexity index is 1040. The van der Waals surface area contributed by atoms with Gasteiger partial charge < -0.3 is 4.74 Å². The average molecular weight is 365 g/mol.